The first-order valence-electron chi connectivity index (χ1n) is 23.2. The molecule has 5 aromatic rings. The first kappa shape index (κ1) is 44.1. The van der Waals surface area contributed by atoms with Crippen molar-refractivity contribution in [1.29, 1.82) is 0 Å². The smallest absolute Gasteiger partial charge is 0.247 e. The maximum absolute atomic E-state index is 14.4. The van der Waals surface area contributed by atoms with Gasteiger partial charge in [0.05, 0.1) is 12.2 Å². The largest absolute Gasteiger partial charge is 0.436 e. The lowest BCUT2D eigenvalue weighted by molar-refractivity contribution is -0.142. The molecule has 13 heteroatoms. The molecule has 2 unspecified atom stereocenters. The van der Waals surface area contributed by atoms with Crippen molar-refractivity contribution < 1.29 is 18.8 Å². The number of nitrogens with zero attached hydrogens (tertiary/aromatic N) is 7. The van der Waals surface area contributed by atoms with Gasteiger partial charge in [0.2, 0.25) is 23.6 Å². The Kier molecular flexibility index (Phi) is 13.5. The maximum atomic E-state index is 14.4. The number of carbonyl (C=O) groups is 3. The van der Waals surface area contributed by atoms with Gasteiger partial charge in [0.15, 0.2) is 5.76 Å². The average molecular weight is 876 g/mol. The minimum atomic E-state index is -0.540. The summed E-state index contributed by atoms with van der Waals surface area (Å²) in [6.07, 6.45) is 4.91. The highest BCUT2D eigenvalue weighted by Gasteiger charge is 2.41. The van der Waals surface area contributed by atoms with Gasteiger partial charge >= 0.3 is 0 Å². The quantitative estimate of drug-likeness (QED) is 0.130. The van der Waals surface area contributed by atoms with Crippen LogP contribution in [0, 0.1) is 0 Å². The van der Waals surface area contributed by atoms with E-state index >= 15 is 0 Å². The van der Waals surface area contributed by atoms with Crippen molar-refractivity contribution in [1.82, 2.24) is 34.4 Å². The molecule has 0 radical (unpaired) electrons. The summed E-state index contributed by atoms with van der Waals surface area (Å²) in [7, 11) is 4.24. The Morgan fingerprint density at radius 3 is 1.57 bits per heavy atom. The van der Waals surface area contributed by atoms with Crippen LogP contribution in [0.3, 0.4) is 0 Å². The van der Waals surface area contributed by atoms with Gasteiger partial charge in [-0.15, -0.1) is 0 Å². The number of carbonyl (C=O) groups excluding carboxylic acids is 3. The van der Waals surface area contributed by atoms with Crippen LogP contribution < -0.4 is 10.6 Å². The van der Waals surface area contributed by atoms with Crippen LogP contribution in [-0.2, 0) is 14.4 Å². The second kappa shape index (κ2) is 20.0. The van der Waals surface area contributed by atoms with Gasteiger partial charge in [-0.1, -0.05) is 67.2 Å². The molecule has 4 saturated heterocycles. The lowest BCUT2D eigenvalue weighted by Gasteiger charge is -2.40. The molecule has 5 heterocycles. The zero-order valence-electron chi connectivity index (χ0n) is 37.6. The number of hydrogen-bond donors (Lipinski definition) is 2. The topological polar surface area (TPSA) is 121 Å². The SMILES string of the molecule is C=C(Nc1ccc(-c2cnc(-c3ccc(NC(=O)[C@@H]4CCCN4C(=O)C(c4ccccc4)N4CCN(C)CC4)cc3)o2)cc1)[C@@H]1CCCN1C(=O)C(c1ccccc1)N1CCN(C)CC1. The van der Waals surface area contributed by atoms with Crippen LogP contribution in [0.4, 0.5) is 11.4 Å². The van der Waals surface area contributed by atoms with Crippen LogP contribution in [-0.4, -0.2) is 144 Å². The number of benzene rings is 4. The third kappa shape index (κ3) is 9.93. The number of oxazole rings is 1. The first-order valence-corrected chi connectivity index (χ1v) is 23.2. The number of rotatable bonds is 13. The molecule has 4 fully saturated rings. The molecule has 1 aromatic heterocycles. The molecule has 0 aliphatic carbocycles. The fourth-order valence-corrected chi connectivity index (χ4v) is 9.91. The molecule has 4 atom stereocenters. The van der Waals surface area contributed by atoms with Crippen molar-refractivity contribution in [2.75, 3.05) is 90.2 Å². The van der Waals surface area contributed by atoms with E-state index in [-0.39, 0.29) is 29.8 Å². The van der Waals surface area contributed by atoms with Crippen LogP contribution in [0.15, 0.2) is 132 Å². The summed E-state index contributed by atoms with van der Waals surface area (Å²) >= 11 is 0. The van der Waals surface area contributed by atoms with E-state index < -0.39 is 12.1 Å². The van der Waals surface area contributed by atoms with E-state index in [9.17, 15) is 14.4 Å². The molecule has 3 amide bonds. The third-order valence-electron chi connectivity index (χ3n) is 13.7. The molecule has 0 spiro atoms. The molecule has 338 valence electrons. The predicted octanol–water partition coefficient (Wildman–Crippen LogP) is 6.83. The highest BCUT2D eigenvalue weighted by Crippen LogP contribution is 2.34. The zero-order valence-corrected chi connectivity index (χ0v) is 37.6. The van der Waals surface area contributed by atoms with Gasteiger partial charge in [0.25, 0.3) is 0 Å². The summed E-state index contributed by atoms with van der Waals surface area (Å²) in [6.45, 7) is 12.7. The van der Waals surface area contributed by atoms with Crippen molar-refractivity contribution in [3.05, 3.63) is 139 Å². The second-order valence-electron chi connectivity index (χ2n) is 18.0. The highest BCUT2D eigenvalue weighted by molar-refractivity contribution is 5.98. The number of aromatic nitrogens is 1. The minimum absolute atomic E-state index is 0.0112. The van der Waals surface area contributed by atoms with Gasteiger partial charge in [-0.05, 0) is 99.4 Å². The van der Waals surface area contributed by atoms with E-state index in [1.54, 1.807) is 11.1 Å². The van der Waals surface area contributed by atoms with Crippen LogP contribution in [0.5, 0.6) is 0 Å². The summed E-state index contributed by atoms with van der Waals surface area (Å²) in [4.78, 5) is 60.0. The van der Waals surface area contributed by atoms with Gasteiger partial charge in [0.1, 0.15) is 18.1 Å². The zero-order chi connectivity index (χ0) is 44.9. The van der Waals surface area contributed by atoms with Crippen molar-refractivity contribution in [3.8, 4) is 22.8 Å². The van der Waals surface area contributed by atoms with Crippen molar-refractivity contribution >= 4 is 29.1 Å². The molecular weight excluding hydrogens is 815 g/mol. The summed E-state index contributed by atoms with van der Waals surface area (Å²) in [5.41, 5.74) is 5.98. The monoisotopic (exact) mass is 875 g/mol. The Bertz CT molecular complexity index is 2240. The first-order chi connectivity index (χ1) is 31.7. The number of hydrogen-bond acceptors (Lipinski definition) is 10. The van der Waals surface area contributed by atoms with Crippen molar-refractivity contribution in [2.24, 2.45) is 0 Å². The standard InChI is InChI=1S/C52H61N9O4/c1-37(44-16-10-26-60(44)51(63)47(39-12-6-4-7-13-39)58-32-28-56(2)29-33-58)54-42-22-18-38(19-23-42)46-36-53-50(65-46)41-20-24-43(25-21-41)55-49(62)45-17-11-27-61(45)52(64)48(40-14-8-5-9-15-40)59-34-30-57(3)31-35-59/h4-9,12-15,18-25,36,44-45,47-48,54H,1,10-11,16-17,26-35H2,2-3H3,(H,55,62)/t44-,45-,47?,48?/m0/s1. The molecule has 9 rings (SSSR count). The van der Waals surface area contributed by atoms with Gasteiger partial charge in [0, 0.05) is 93.6 Å². The Balaban J connectivity index is 0.807. The van der Waals surface area contributed by atoms with Crippen LogP contribution >= 0.6 is 0 Å². The Morgan fingerprint density at radius 1 is 0.585 bits per heavy atom. The van der Waals surface area contributed by atoms with Crippen LogP contribution in [0.2, 0.25) is 0 Å². The van der Waals surface area contributed by atoms with Gasteiger partial charge < -0.3 is 34.7 Å². The molecule has 65 heavy (non-hydrogen) atoms. The summed E-state index contributed by atoms with van der Waals surface area (Å²) in [5.74, 6) is 1.04. The Morgan fingerprint density at radius 2 is 1.05 bits per heavy atom. The summed E-state index contributed by atoms with van der Waals surface area (Å²) < 4.78 is 6.23. The van der Waals surface area contributed by atoms with E-state index in [0.717, 1.165) is 105 Å². The molecule has 2 N–H and O–H groups in total. The van der Waals surface area contributed by atoms with E-state index in [1.807, 2.05) is 102 Å². The van der Waals surface area contributed by atoms with Gasteiger partial charge in [-0.2, -0.15) is 0 Å². The fourth-order valence-electron chi connectivity index (χ4n) is 9.91. The number of nitrogens with one attached hydrogen (secondary N) is 2. The summed E-state index contributed by atoms with van der Waals surface area (Å²) in [6, 6.07) is 34.1. The minimum Gasteiger partial charge on any atom is -0.436 e. The van der Waals surface area contributed by atoms with Crippen molar-refractivity contribution in [3.63, 3.8) is 0 Å². The normalized spacial score (nSPS) is 21.0. The van der Waals surface area contributed by atoms with E-state index in [4.69, 9.17) is 4.42 Å². The van der Waals surface area contributed by atoms with E-state index in [2.05, 4.69) is 68.0 Å². The molecule has 4 aliphatic rings. The van der Waals surface area contributed by atoms with E-state index in [1.165, 1.54) is 0 Å². The third-order valence-corrected chi connectivity index (χ3v) is 13.7. The maximum Gasteiger partial charge on any atom is 0.247 e. The highest BCUT2D eigenvalue weighted by atomic mass is 16.4. The predicted molar refractivity (Wildman–Crippen MR) is 255 cm³/mol. The summed E-state index contributed by atoms with van der Waals surface area (Å²) in [5, 5.41) is 6.58. The molecule has 0 bridgehead atoms. The number of likely N-dealkylation sites (tertiary alicyclic amines) is 2. The molecule has 0 saturated carbocycles. The van der Waals surface area contributed by atoms with E-state index in [0.29, 0.717) is 36.8 Å². The van der Waals surface area contributed by atoms with Crippen LogP contribution in [0.1, 0.15) is 48.9 Å². The Labute approximate surface area is 382 Å². The Hall–Kier alpha value is -6.12. The van der Waals surface area contributed by atoms with Gasteiger partial charge in [-0.25, -0.2) is 4.98 Å². The van der Waals surface area contributed by atoms with Crippen molar-refractivity contribution in [2.45, 2.75) is 49.9 Å². The lowest BCUT2D eigenvalue weighted by Crippen LogP contribution is -2.52. The molecule has 4 aliphatic heterocycles. The molecule has 13 nitrogen and oxygen atoms in total. The number of amides is 3. The average Bonchev–Trinajstić information content (AvgIpc) is 4.15. The molecule has 4 aromatic carbocycles. The molecular formula is C52H61N9O4. The number of anilines is 2. The number of piperazine rings is 2. The van der Waals surface area contributed by atoms with Gasteiger partial charge in [-0.3, -0.25) is 24.2 Å². The second-order valence-corrected chi connectivity index (χ2v) is 18.0. The fraction of sp³-hybridized carbons (Fsp3) is 0.385. The lowest BCUT2D eigenvalue weighted by atomic mass is 10.0. The number of likely N-dealkylation sites (N-methyl/N-ethyl adjacent to an activating group) is 2. The van der Waals surface area contributed by atoms with Crippen LogP contribution in [0.25, 0.3) is 22.8 Å².